The van der Waals surface area contributed by atoms with Gasteiger partial charge in [-0.2, -0.15) is 0 Å². The first kappa shape index (κ1) is 13.1. The Labute approximate surface area is 113 Å². The highest BCUT2D eigenvalue weighted by molar-refractivity contribution is 6.32. The molecule has 2 aromatic carbocycles. The average molecular weight is 289 g/mol. The molecule has 0 saturated carbocycles. The van der Waals surface area contributed by atoms with E-state index in [9.17, 15) is 8.78 Å². The van der Waals surface area contributed by atoms with Crippen LogP contribution in [-0.2, 0) is 5.88 Å². The molecule has 18 heavy (non-hydrogen) atoms. The van der Waals surface area contributed by atoms with Crippen LogP contribution in [0, 0.1) is 11.6 Å². The van der Waals surface area contributed by atoms with Gasteiger partial charge in [0.25, 0.3) is 0 Å². The fraction of sp³-hybridized carbons (Fsp3) is 0.0769. The molecule has 0 aliphatic heterocycles. The van der Waals surface area contributed by atoms with Crippen molar-refractivity contribution in [2.75, 3.05) is 0 Å². The summed E-state index contributed by atoms with van der Waals surface area (Å²) < 4.78 is 32.0. The molecule has 0 unspecified atom stereocenters. The minimum Gasteiger partial charge on any atom is -0.452 e. The Balaban J connectivity index is 2.42. The van der Waals surface area contributed by atoms with Crippen molar-refractivity contribution >= 4 is 23.2 Å². The van der Waals surface area contributed by atoms with Gasteiger partial charge in [-0.25, -0.2) is 8.78 Å². The van der Waals surface area contributed by atoms with Crippen LogP contribution in [0.15, 0.2) is 36.4 Å². The molecular formula is C13H8Cl2F2O. The highest BCUT2D eigenvalue weighted by Gasteiger charge is 2.12. The van der Waals surface area contributed by atoms with E-state index in [2.05, 4.69) is 0 Å². The van der Waals surface area contributed by atoms with Crippen molar-refractivity contribution in [1.29, 1.82) is 0 Å². The quantitative estimate of drug-likeness (QED) is 0.710. The number of para-hydroxylation sites is 1. The SMILES string of the molecule is Fc1ccc(Cl)c(Oc2c(F)cccc2CCl)c1. The van der Waals surface area contributed by atoms with Crippen LogP contribution in [0.3, 0.4) is 0 Å². The Morgan fingerprint density at radius 2 is 1.89 bits per heavy atom. The maximum Gasteiger partial charge on any atom is 0.167 e. The Kier molecular flexibility index (Phi) is 4.04. The van der Waals surface area contributed by atoms with Gasteiger partial charge in [0.2, 0.25) is 0 Å². The molecule has 0 amide bonds. The zero-order chi connectivity index (χ0) is 13.1. The van der Waals surface area contributed by atoms with Crippen molar-refractivity contribution in [1.82, 2.24) is 0 Å². The molecule has 0 N–H and O–H groups in total. The summed E-state index contributed by atoms with van der Waals surface area (Å²) in [5.74, 6) is -1.00. The van der Waals surface area contributed by atoms with E-state index in [0.29, 0.717) is 5.56 Å². The summed E-state index contributed by atoms with van der Waals surface area (Å²) in [7, 11) is 0. The van der Waals surface area contributed by atoms with E-state index in [1.807, 2.05) is 0 Å². The fourth-order valence-corrected chi connectivity index (χ4v) is 1.80. The summed E-state index contributed by atoms with van der Waals surface area (Å²) in [6, 6.07) is 8.00. The number of hydrogen-bond donors (Lipinski definition) is 0. The lowest BCUT2D eigenvalue weighted by Crippen LogP contribution is -1.94. The Morgan fingerprint density at radius 1 is 1.11 bits per heavy atom. The molecule has 0 aliphatic carbocycles. The van der Waals surface area contributed by atoms with Gasteiger partial charge in [0.05, 0.1) is 10.9 Å². The zero-order valence-corrected chi connectivity index (χ0v) is 10.6. The first-order chi connectivity index (χ1) is 8.61. The third-order valence-electron chi connectivity index (χ3n) is 2.30. The summed E-state index contributed by atoms with van der Waals surface area (Å²) >= 11 is 11.5. The minimum atomic E-state index is -0.575. The molecule has 2 rings (SSSR count). The van der Waals surface area contributed by atoms with E-state index < -0.39 is 11.6 Å². The number of ether oxygens (including phenoxy) is 1. The van der Waals surface area contributed by atoms with E-state index in [4.69, 9.17) is 27.9 Å². The van der Waals surface area contributed by atoms with Gasteiger partial charge in [0.1, 0.15) is 11.6 Å². The topological polar surface area (TPSA) is 9.23 Å². The Hall–Kier alpha value is -1.32. The number of rotatable bonds is 3. The highest BCUT2D eigenvalue weighted by Crippen LogP contribution is 2.34. The fourth-order valence-electron chi connectivity index (χ4n) is 1.44. The van der Waals surface area contributed by atoms with Crippen LogP contribution in [-0.4, -0.2) is 0 Å². The van der Waals surface area contributed by atoms with E-state index in [1.54, 1.807) is 6.07 Å². The van der Waals surface area contributed by atoms with Crippen LogP contribution < -0.4 is 4.74 Å². The van der Waals surface area contributed by atoms with E-state index >= 15 is 0 Å². The molecule has 5 heteroatoms. The van der Waals surface area contributed by atoms with Crippen LogP contribution >= 0.6 is 23.2 Å². The second-order valence-corrected chi connectivity index (χ2v) is 4.21. The predicted octanol–water partition coefficient (Wildman–Crippen LogP) is 5.15. The molecule has 0 aromatic heterocycles. The second kappa shape index (κ2) is 5.55. The molecule has 0 bridgehead atoms. The summed E-state index contributed by atoms with van der Waals surface area (Å²) in [6.45, 7) is 0. The highest BCUT2D eigenvalue weighted by atomic mass is 35.5. The van der Waals surface area contributed by atoms with Crippen molar-refractivity contribution in [3.63, 3.8) is 0 Å². The van der Waals surface area contributed by atoms with Gasteiger partial charge in [-0.05, 0) is 18.2 Å². The lowest BCUT2D eigenvalue weighted by molar-refractivity contribution is 0.435. The molecule has 0 spiro atoms. The van der Waals surface area contributed by atoms with Gasteiger partial charge >= 0.3 is 0 Å². The summed E-state index contributed by atoms with van der Waals surface area (Å²) in [6.07, 6.45) is 0. The van der Waals surface area contributed by atoms with Crippen LogP contribution in [0.4, 0.5) is 8.78 Å². The van der Waals surface area contributed by atoms with Gasteiger partial charge in [-0.3, -0.25) is 0 Å². The summed E-state index contributed by atoms with van der Waals surface area (Å²) in [5, 5.41) is 0.195. The predicted molar refractivity (Wildman–Crippen MR) is 67.4 cm³/mol. The van der Waals surface area contributed by atoms with Gasteiger partial charge in [0, 0.05) is 11.6 Å². The third-order valence-corrected chi connectivity index (χ3v) is 2.90. The Bertz CT molecular complexity index is 573. The molecular weight excluding hydrogens is 281 g/mol. The van der Waals surface area contributed by atoms with Crippen molar-refractivity contribution in [3.8, 4) is 11.5 Å². The molecule has 94 valence electrons. The molecule has 0 atom stereocenters. The lowest BCUT2D eigenvalue weighted by Gasteiger charge is -2.11. The Morgan fingerprint density at radius 3 is 2.61 bits per heavy atom. The van der Waals surface area contributed by atoms with Gasteiger partial charge in [-0.1, -0.05) is 23.7 Å². The summed E-state index contributed by atoms with van der Waals surface area (Å²) in [5.41, 5.74) is 0.469. The maximum absolute atomic E-state index is 13.6. The number of halogens is 4. The van der Waals surface area contributed by atoms with Crippen molar-refractivity contribution in [2.45, 2.75) is 5.88 Å². The van der Waals surface area contributed by atoms with Crippen LogP contribution in [0.25, 0.3) is 0 Å². The largest absolute Gasteiger partial charge is 0.452 e. The number of alkyl halides is 1. The third kappa shape index (κ3) is 2.74. The van der Waals surface area contributed by atoms with E-state index in [-0.39, 0.29) is 22.4 Å². The van der Waals surface area contributed by atoms with Crippen LogP contribution in [0.5, 0.6) is 11.5 Å². The monoisotopic (exact) mass is 288 g/mol. The van der Waals surface area contributed by atoms with Crippen molar-refractivity contribution < 1.29 is 13.5 Å². The first-order valence-electron chi connectivity index (χ1n) is 5.08. The van der Waals surface area contributed by atoms with Crippen LogP contribution in [0.2, 0.25) is 5.02 Å². The first-order valence-corrected chi connectivity index (χ1v) is 5.99. The van der Waals surface area contributed by atoms with Crippen molar-refractivity contribution in [3.05, 3.63) is 58.6 Å². The van der Waals surface area contributed by atoms with Gasteiger partial charge in [0.15, 0.2) is 11.6 Å². The number of benzene rings is 2. The minimum absolute atomic E-state index is 0.0417. The average Bonchev–Trinajstić information content (AvgIpc) is 2.36. The lowest BCUT2D eigenvalue weighted by atomic mass is 10.2. The van der Waals surface area contributed by atoms with Gasteiger partial charge in [-0.15, -0.1) is 11.6 Å². The molecule has 2 aromatic rings. The van der Waals surface area contributed by atoms with Crippen LogP contribution in [0.1, 0.15) is 5.56 Å². The van der Waals surface area contributed by atoms with Crippen molar-refractivity contribution in [2.24, 2.45) is 0 Å². The van der Waals surface area contributed by atoms with Gasteiger partial charge < -0.3 is 4.74 Å². The van der Waals surface area contributed by atoms with E-state index in [0.717, 1.165) is 6.07 Å². The normalized spacial score (nSPS) is 10.4. The molecule has 0 radical (unpaired) electrons. The maximum atomic E-state index is 13.6. The molecule has 0 fully saturated rings. The second-order valence-electron chi connectivity index (χ2n) is 3.54. The molecule has 1 nitrogen and oxygen atoms in total. The summed E-state index contributed by atoms with van der Waals surface area (Å²) in [4.78, 5) is 0. The molecule has 0 aliphatic rings. The standard InChI is InChI=1S/C13H8Cl2F2O/c14-7-8-2-1-3-11(17)13(8)18-12-6-9(16)4-5-10(12)15/h1-6H,7H2. The smallest absolute Gasteiger partial charge is 0.167 e. The molecule has 0 heterocycles. The zero-order valence-electron chi connectivity index (χ0n) is 9.09. The molecule has 0 saturated heterocycles. The van der Waals surface area contributed by atoms with E-state index in [1.165, 1.54) is 24.3 Å². The number of hydrogen-bond acceptors (Lipinski definition) is 1.